The average Bonchev–Trinajstić information content (AvgIpc) is 2.10. The zero-order valence-electron chi connectivity index (χ0n) is 8.97. The summed E-state index contributed by atoms with van der Waals surface area (Å²) in [5.41, 5.74) is 0. The molecule has 76 valence electrons. The minimum atomic E-state index is 0.115. The van der Waals surface area contributed by atoms with E-state index in [9.17, 15) is 4.79 Å². The quantitative estimate of drug-likeness (QED) is 0.484. The molecule has 2 heteroatoms. The lowest BCUT2D eigenvalue weighted by Crippen LogP contribution is -2.17. The number of allylic oxidation sites excluding steroid dienone is 1. The summed E-state index contributed by atoms with van der Waals surface area (Å²) in [6.07, 6.45) is 5.94. The van der Waals surface area contributed by atoms with Gasteiger partial charge in [-0.1, -0.05) is 26.3 Å². The van der Waals surface area contributed by atoms with Crippen molar-refractivity contribution in [3.63, 3.8) is 0 Å². The van der Waals surface area contributed by atoms with Gasteiger partial charge in [0.25, 0.3) is 0 Å². The second-order valence-electron chi connectivity index (χ2n) is 3.52. The molecule has 0 saturated carbocycles. The molecule has 0 fully saturated rings. The summed E-state index contributed by atoms with van der Waals surface area (Å²) in [4.78, 5) is 10.5. The highest BCUT2D eigenvalue weighted by atomic mass is 16.1. The van der Waals surface area contributed by atoms with E-state index in [1.165, 1.54) is 12.8 Å². The summed E-state index contributed by atoms with van der Waals surface area (Å²) in [6.45, 7) is 7.87. The lowest BCUT2D eigenvalue weighted by atomic mass is 10.1. The predicted molar refractivity (Wildman–Crippen MR) is 56.8 cm³/mol. The Morgan fingerprint density at radius 2 is 2.23 bits per heavy atom. The van der Waals surface area contributed by atoms with Gasteiger partial charge >= 0.3 is 0 Å². The molecule has 13 heavy (non-hydrogen) atoms. The highest BCUT2D eigenvalue weighted by molar-refractivity contribution is 5.87. The molecule has 0 bridgehead atoms. The largest absolute Gasteiger partial charge is 0.313 e. The second kappa shape index (κ2) is 7.99. The van der Waals surface area contributed by atoms with Crippen LogP contribution in [0.5, 0.6) is 0 Å². The van der Waals surface area contributed by atoms with E-state index in [1.54, 1.807) is 13.0 Å². The lowest BCUT2D eigenvalue weighted by Gasteiger charge is -2.07. The van der Waals surface area contributed by atoms with Crippen LogP contribution in [0.1, 0.15) is 33.6 Å². The van der Waals surface area contributed by atoms with Gasteiger partial charge in [-0.05, 0) is 31.9 Å². The van der Waals surface area contributed by atoms with Crippen LogP contribution in [0.4, 0.5) is 0 Å². The molecule has 0 amide bonds. The van der Waals surface area contributed by atoms with Crippen LogP contribution in [0.15, 0.2) is 12.2 Å². The molecule has 0 unspecified atom stereocenters. The van der Waals surface area contributed by atoms with Crippen LogP contribution in [-0.4, -0.2) is 18.9 Å². The maximum Gasteiger partial charge on any atom is 0.152 e. The van der Waals surface area contributed by atoms with E-state index in [4.69, 9.17) is 0 Å². The molecule has 2 nitrogen and oxygen atoms in total. The smallest absolute Gasteiger partial charge is 0.152 e. The predicted octanol–water partition coefficient (Wildman–Crippen LogP) is 2.16. The van der Waals surface area contributed by atoms with E-state index in [0.717, 1.165) is 19.0 Å². The van der Waals surface area contributed by atoms with E-state index in [1.807, 2.05) is 6.08 Å². The maximum atomic E-state index is 10.5. The zero-order valence-corrected chi connectivity index (χ0v) is 8.97. The third-order valence-corrected chi connectivity index (χ3v) is 2.13. The molecule has 0 aliphatic rings. The fourth-order valence-corrected chi connectivity index (χ4v) is 0.963. The minimum absolute atomic E-state index is 0.115. The summed E-state index contributed by atoms with van der Waals surface area (Å²) in [6, 6.07) is 0. The highest BCUT2D eigenvalue weighted by Gasteiger charge is 1.95. The van der Waals surface area contributed by atoms with Gasteiger partial charge in [0, 0.05) is 6.54 Å². The molecule has 0 aromatic heterocycles. The zero-order chi connectivity index (χ0) is 10.1. The van der Waals surface area contributed by atoms with Gasteiger partial charge in [-0.25, -0.2) is 0 Å². The Morgan fingerprint density at radius 1 is 1.54 bits per heavy atom. The van der Waals surface area contributed by atoms with E-state index in [2.05, 4.69) is 19.2 Å². The fourth-order valence-electron chi connectivity index (χ4n) is 0.963. The van der Waals surface area contributed by atoms with Crippen LogP contribution in [0, 0.1) is 5.92 Å². The van der Waals surface area contributed by atoms with Gasteiger partial charge in [0.05, 0.1) is 0 Å². The Morgan fingerprint density at radius 3 is 2.77 bits per heavy atom. The van der Waals surface area contributed by atoms with E-state index in [0.29, 0.717) is 0 Å². The Hall–Kier alpha value is -0.630. The number of hydrogen-bond acceptors (Lipinski definition) is 2. The van der Waals surface area contributed by atoms with Gasteiger partial charge < -0.3 is 5.32 Å². The number of nitrogens with one attached hydrogen (secondary N) is 1. The summed E-state index contributed by atoms with van der Waals surface area (Å²) in [5.74, 6) is 0.910. The standard InChI is InChI=1S/C11H21NO/c1-4-10(2)7-9-12-8-5-6-11(3)13/h5-6,10,12H,4,7-9H2,1-3H3/b6-5+/t10-/m1/s1. The van der Waals surface area contributed by atoms with Crippen LogP contribution in [0.3, 0.4) is 0 Å². The van der Waals surface area contributed by atoms with Crippen molar-refractivity contribution in [1.82, 2.24) is 5.32 Å². The van der Waals surface area contributed by atoms with Crippen LogP contribution < -0.4 is 5.32 Å². The first-order valence-electron chi connectivity index (χ1n) is 5.04. The first-order chi connectivity index (χ1) is 6.16. The van der Waals surface area contributed by atoms with Crippen molar-refractivity contribution in [2.45, 2.75) is 33.6 Å². The average molecular weight is 183 g/mol. The van der Waals surface area contributed by atoms with Gasteiger partial charge in [-0.3, -0.25) is 4.79 Å². The number of hydrogen-bond donors (Lipinski definition) is 1. The Kier molecular flexibility index (Phi) is 7.60. The summed E-state index contributed by atoms with van der Waals surface area (Å²) >= 11 is 0. The molecule has 0 aliphatic carbocycles. The second-order valence-corrected chi connectivity index (χ2v) is 3.52. The highest BCUT2D eigenvalue weighted by Crippen LogP contribution is 2.03. The van der Waals surface area contributed by atoms with Crippen LogP contribution in [-0.2, 0) is 4.79 Å². The molecular weight excluding hydrogens is 162 g/mol. The van der Waals surface area contributed by atoms with Crippen molar-refractivity contribution in [2.75, 3.05) is 13.1 Å². The summed E-state index contributed by atoms with van der Waals surface area (Å²) in [5, 5.41) is 3.27. The third kappa shape index (κ3) is 9.28. The van der Waals surface area contributed by atoms with Crippen molar-refractivity contribution in [2.24, 2.45) is 5.92 Å². The molecule has 0 aromatic carbocycles. The molecule has 0 radical (unpaired) electrons. The summed E-state index contributed by atoms with van der Waals surface area (Å²) in [7, 11) is 0. The van der Waals surface area contributed by atoms with Crippen molar-refractivity contribution >= 4 is 5.78 Å². The van der Waals surface area contributed by atoms with Crippen molar-refractivity contribution in [3.8, 4) is 0 Å². The minimum Gasteiger partial charge on any atom is -0.313 e. The lowest BCUT2D eigenvalue weighted by molar-refractivity contribution is -0.112. The number of carbonyl (C=O) groups excluding carboxylic acids is 1. The third-order valence-electron chi connectivity index (χ3n) is 2.13. The van der Waals surface area contributed by atoms with Crippen LogP contribution in [0.25, 0.3) is 0 Å². The van der Waals surface area contributed by atoms with Gasteiger partial charge in [-0.2, -0.15) is 0 Å². The Labute approximate surface area is 81.4 Å². The molecule has 0 aromatic rings. The van der Waals surface area contributed by atoms with Crippen LogP contribution >= 0.6 is 0 Å². The molecule has 0 aliphatic heterocycles. The molecular formula is C11H21NO. The Bertz CT molecular complexity index is 163. The molecule has 1 N–H and O–H groups in total. The normalized spacial score (nSPS) is 13.5. The van der Waals surface area contributed by atoms with Crippen molar-refractivity contribution < 1.29 is 4.79 Å². The first kappa shape index (κ1) is 12.4. The molecule has 0 spiro atoms. The Balaban J connectivity index is 3.21. The number of ketones is 1. The number of rotatable bonds is 7. The van der Waals surface area contributed by atoms with E-state index in [-0.39, 0.29) is 5.78 Å². The molecule has 0 heterocycles. The molecule has 0 saturated heterocycles. The monoisotopic (exact) mass is 183 g/mol. The van der Waals surface area contributed by atoms with E-state index >= 15 is 0 Å². The summed E-state index contributed by atoms with van der Waals surface area (Å²) < 4.78 is 0. The van der Waals surface area contributed by atoms with Crippen LogP contribution in [0.2, 0.25) is 0 Å². The van der Waals surface area contributed by atoms with Gasteiger partial charge in [-0.15, -0.1) is 0 Å². The van der Waals surface area contributed by atoms with Crippen molar-refractivity contribution in [3.05, 3.63) is 12.2 Å². The van der Waals surface area contributed by atoms with Gasteiger partial charge in [0.1, 0.15) is 0 Å². The SMILES string of the molecule is CC[C@@H](C)CCNC/C=C/C(C)=O. The first-order valence-corrected chi connectivity index (χ1v) is 5.04. The fraction of sp³-hybridized carbons (Fsp3) is 0.727. The van der Waals surface area contributed by atoms with Gasteiger partial charge in [0.15, 0.2) is 5.78 Å². The topological polar surface area (TPSA) is 29.1 Å². The molecule has 0 rings (SSSR count). The maximum absolute atomic E-state index is 10.5. The molecule has 1 atom stereocenters. The van der Waals surface area contributed by atoms with Gasteiger partial charge in [0.2, 0.25) is 0 Å². The van der Waals surface area contributed by atoms with Crippen molar-refractivity contribution in [1.29, 1.82) is 0 Å². The number of carbonyl (C=O) groups is 1. The van der Waals surface area contributed by atoms with E-state index < -0.39 is 0 Å².